The standard InChI is InChI=1S/C26H30N2O6/c1-25(2,3)28-22(29)18-19(23(28)30)26(4,24(31)32)27-20(18)16-12-9-13-17(33-5)21(16)34-14-15-10-7-6-8-11-15/h6-13,18-20,27H,14H2,1-5H3,(H,31,32). The molecule has 2 amide bonds. The van der Waals surface area contributed by atoms with Crippen molar-refractivity contribution in [1.29, 1.82) is 0 Å². The molecule has 8 heteroatoms. The number of aliphatic carboxylic acids is 1. The fourth-order valence-electron chi connectivity index (χ4n) is 5.09. The number of ether oxygens (including phenoxy) is 2. The van der Waals surface area contributed by atoms with Gasteiger partial charge < -0.3 is 14.6 Å². The minimum absolute atomic E-state index is 0.256. The fraction of sp³-hybridized carbons (Fsp3) is 0.423. The Hall–Kier alpha value is -3.39. The van der Waals surface area contributed by atoms with E-state index in [9.17, 15) is 19.5 Å². The first kappa shape index (κ1) is 23.8. The Balaban J connectivity index is 1.80. The van der Waals surface area contributed by atoms with Crippen molar-refractivity contribution in [1.82, 2.24) is 10.2 Å². The van der Waals surface area contributed by atoms with E-state index in [4.69, 9.17) is 9.47 Å². The van der Waals surface area contributed by atoms with Gasteiger partial charge in [0.1, 0.15) is 12.1 Å². The highest BCUT2D eigenvalue weighted by Gasteiger charge is 2.68. The van der Waals surface area contributed by atoms with Crippen LogP contribution in [0.4, 0.5) is 0 Å². The van der Waals surface area contributed by atoms with Gasteiger partial charge in [-0.05, 0) is 39.3 Å². The van der Waals surface area contributed by atoms with Gasteiger partial charge >= 0.3 is 5.97 Å². The zero-order chi connectivity index (χ0) is 24.8. The lowest BCUT2D eigenvalue weighted by Crippen LogP contribution is -2.55. The van der Waals surface area contributed by atoms with Crippen LogP contribution >= 0.6 is 0 Å². The van der Waals surface area contributed by atoms with Gasteiger partial charge in [0.25, 0.3) is 0 Å². The molecule has 0 bridgehead atoms. The molecule has 8 nitrogen and oxygen atoms in total. The second-order valence-electron chi connectivity index (χ2n) is 9.97. The molecule has 0 aliphatic carbocycles. The molecule has 4 atom stereocenters. The molecule has 2 heterocycles. The van der Waals surface area contributed by atoms with Gasteiger partial charge in [-0.1, -0.05) is 42.5 Å². The maximum absolute atomic E-state index is 13.6. The summed E-state index contributed by atoms with van der Waals surface area (Å²) in [6.07, 6.45) is 0. The van der Waals surface area contributed by atoms with Crippen LogP contribution in [-0.2, 0) is 21.0 Å². The topological polar surface area (TPSA) is 105 Å². The molecule has 0 radical (unpaired) electrons. The van der Waals surface area contributed by atoms with Crippen LogP contribution < -0.4 is 14.8 Å². The van der Waals surface area contributed by atoms with Crippen LogP contribution in [0.15, 0.2) is 48.5 Å². The summed E-state index contributed by atoms with van der Waals surface area (Å²) in [5, 5.41) is 13.2. The number of carboxylic acids is 1. The predicted octanol–water partition coefficient (Wildman–Crippen LogP) is 3.16. The molecular formula is C26H30N2O6. The number of methoxy groups -OCH3 is 1. The van der Waals surface area contributed by atoms with Gasteiger partial charge in [-0.2, -0.15) is 0 Å². The minimum atomic E-state index is -1.62. The van der Waals surface area contributed by atoms with Gasteiger partial charge in [-0.15, -0.1) is 0 Å². The number of carbonyl (C=O) groups is 3. The highest BCUT2D eigenvalue weighted by Crippen LogP contribution is 2.52. The Bertz CT molecular complexity index is 1130. The smallest absolute Gasteiger partial charge is 0.324 e. The molecule has 2 aliphatic rings. The van der Waals surface area contributed by atoms with E-state index >= 15 is 0 Å². The number of fused-ring (bicyclic) bond motifs is 1. The second kappa shape index (κ2) is 8.43. The third-order valence-electron chi connectivity index (χ3n) is 6.69. The van der Waals surface area contributed by atoms with Crippen LogP contribution in [-0.4, -0.2) is 46.0 Å². The number of carboxylic acid groups (broad SMARTS) is 1. The molecule has 2 N–H and O–H groups in total. The highest BCUT2D eigenvalue weighted by atomic mass is 16.5. The van der Waals surface area contributed by atoms with Crippen molar-refractivity contribution < 1.29 is 29.0 Å². The number of amides is 2. The first-order valence-corrected chi connectivity index (χ1v) is 11.2. The summed E-state index contributed by atoms with van der Waals surface area (Å²) in [5.41, 5.74) is -0.879. The average molecular weight is 467 g/mol. The molecule has 0 saturated carbocycles. The van der Waals surface area contributed by atoms with Crippen molar-refractivity contribution >= 4 is 17.8 Å². The van der Waals surface area contributed by atoms with Gasteiger partial charge in [0.2, 0.25) is 11.8 Å². The van der Waals surface area contributed by atoms with E-state index in [0.29, 0.717) is 17.1 Å². The second-order valence-corrected chi connectivity index (χ2v) is 9.97. The lowest BCUT2D eigenvalue weighted by Gasteiger charge is -2.34. The number of rotatable bonds is 6. The number of hydrogen-bond donors (Lipinski definition) is 2. The average Bonchev–Trinajstić information content (AvgIpc) is 3.26. The summed E-state index contributed by atoms with van der Waals surface area (Å²) < 4.78 is 11.7. The number of para-hydroxylation sites is 1. The minimum Gasteiger partial charge on any atom is -0.493 e. The monoisotopic (exact) mass is 466 g/mol. The zero-order valence-electron chi connectivity index (χ0n) is 20.0. The normalized spacial score (nSPS) is 26.5. The van der Waals surface area contributed by atoms with E-state index in [-0.39, 0.29) is 12.5 Å². The van der Waals surface area contributed by atoms with E-state index in [1.54, 1.807) is 39.0 Å². The Morgan fingerprint density at radius 3 is 2.35 bits per heavy atom. The molecule has 4 rings (SSSR count). The van der Waals surface area contributed by atoms with Crippen LogP contribution in [0.3, 0.4) is 0 Å². The van der Waals surface area contributed by atoms with Crippen LogP contribution in [0.2, 0.25) is 0 Å². The number of benzene rings is 2. The summed E-state index contributed by atoms with van der Waals surface area (Å²) in [5.74, 6) is -3.11. The Kier molecular flexibility index (Phi) is 5.89. The van der Waals surface area contributed by atoms with Crippen molar-refractivity contribution in [2.75, 3.05) is 7.11 Å². The molecule has 0 aromatic heterocycles. The van der Waals surface area contributed by atoms with E-state index in [1.807, 2.05) is 30.3 Å². The number of imide groups is 1. The molecule has 180 valence electrons. The van der Waals surface area contributed by atoms with E-state index < -0.39 is 40.8 Å². The molecule has 2 aliphatic heterocycles. The maximum atomic E-state index is 13.6. The summed E-state index contributed by atoms with van der Waals surface area (Å²) >= 11 is 0. The van der Waals surface area contributed by atoms with Crippen molar-refractivity contribution in [3.05, 3.63) is 59.7 Å². The van der Waals surface area contributed by atoms with Crippen molar-refractivity contribution in [2.24, 2.45) is 11.8 Å². The quantitative estimate of drug-likeness (QED) is 0.630. The number of nitrogens with one attached hydrogen (secondary N) is 1. The Morgan fingerprint density at radius 1 is 1.09 bits per heavy atom. The first-order valence-electron chi connectivity index (χ1n) is 11.2. The number of nitrogens with zero attached hydrogens (tertiary/aromatic N) is 1. The maximum Gasteiger partial charge on any atom is 0.324 e. The number of carbonyl (C=O) groups excluding carboxylic acids is 2. The molecule has 4 unspecified atom stereocenters. The zero-order valence-corrected chi connectivity index (χ0v) is 20.0. The van der Waals surface area contributed by atoms with E-state index in [1.165, 1.54) is 18.9 Å². The first-order chi connectivity index (χ1) is 16.0. The number of hydrogen-bond acceptors (Lipinski definition) is 6. The van der Waals surface area contributed by atoms with E-state index in [2.05, 4.69) is 5.32 Å². The lowest BCUT2D eigenvalue weighted by molar-refractivity contribution is -0.152. The van der Waals surface area contributed by atoms with Crippen molar-refractivity contribution in [3.63, 3.8) is 0 Å². The third-order valence-corrected chi connectivity index (χ3v) is 6.69. The SMILES string of the molecule is COc1cccc(C2NC(C)(C(=O)O)C3C(=O)N(C(C)(C)C)C(=O)C23)c1OCc1ccccc1. The van der Waals surface area contributed by atoms with Gasteiger partial charge in [-0.3, -0.25) is 24.6 Å². The molecule has 2 aromatic rings. The summed E-state index contributed by atoms with van der Waals surface area (Å²) in [6.45, 7) is 7.03. The third kappa shape index (κ3) is 3.72. The summed E-state index contributed by atoms with van der Waals surface area (Å²) in [7, 11) is 1.52. The summed E-state index contributed by atoms with van der Waals surface area (Å²) in [6, 6.07) is 14.1. The highest BCUT2D eigenvalue weighted by molar-refractivity contribution is 6.10. The lowest BCUT2D eigenvalue weighted by atomic mass is 9.80. The molecule has 2 aromatic carbocycles. The van der Waals surface area contributed by atoms with Crippen LogP contribution in [0.1, 0.15) is 44.9 Å². The number of likely N-dealkylation sites (tertiary alicyclic amines) is 1. The van der Waals surface area contributed by atoms with Gasteiger partial charge in [0, 0.05) is 17.1 Å². The Labute approximate surface area is 198 Å². The van der Waals surface area contributed by atoms with Gasteiger partial charge in [0.05, 0.1) is 18.9 Å². The Morgan fingerprint density at radius 2 is 1.76 bits per heavy atom. The molecule has 2 fully saturated rings. The molecule has 34 heavy (non-hydrogen) atoms. The molecule has 0 spiro atoms. The van der Waals surface area contributed by atoms with Crippen molar-refractivity contribution in [2.45, 2.75) is 51.4 Å². The van der Waals surface area contributed by atoms with Crippen LogP contribution in [0, 0.1) is 11.8 Å². The fourth-order valence-corrected chi connectivity index (χ4v) is 5.09. The van der Waals surface area contributed by atoms with E-state index in [0.717, 1.165) is 5.56 Å². The van der Waals surface area contributed by atoms with Crippen molar-refractivity contribution in [3.8, 4) is 11.5 Å². The molecular weight excluding hydrogens is 436 g/mol. The van der Waals surface area contributed by atoms with Gasteiger partial charge in [0.15, 0.2) is 11.5 Å². The predicted molar refractivity (Wildman–Crippen MR) is 124 cm³/mol. The molecule has 2 saturated heterocycles. The van der Waals surface area contributed by atoms with Crippen LogP contribution in [0.5, 0.6) is 11.5 Å². The largest absolute Gasteiger partial charge is 0.493 e. The van der Waals surface area contributed by atoms with Gasteiger partial charge in [-0.25, -0.2) is 0 Å². The summed E-state index contributed by atoms with van der Waals surface area (Å²) in [4.78, 5) is 40.6. The van der Waals surface area contributed by atoms with Crippen LogP contribution in [0.25, 0.3) is 0 Å².